The maximum absolute atomic E-state index is 14.2. The largest absolute Gasteiger partial charge is 0.496 e. The highest BCUT2D eigenvalue weighted by molar-refractivity contribution is 6.05. The van der Waals surface area contributed by atoms with Crippen LogP contribution in [-0.2, 0) is 16.1 Å². The van der Waals surface area contributed by atoms with Gasteiger partial charge in [-0.25, -0.2) is 4.39 Å². The van der Waals surface area contributed by atoms with Crippen molar-refractivity contribution in [3.05, 3.63) is 53.8 Å². The number of para-hydroxylation sites is 1. The van der Waals surface area contributed by atoms with Crippen molar-refractivity contribution in [3.8, 4) is 5.75 Å². The number of aromatic nitrogens is 2. The van der Waals surface area contributed by atoms with Gasteiger partial charge in [0.25, 0.3) is 0 Å². The quantitative estimate of drug-likeness (QED) is 0.709. The molecule has 28 heavy (non-hydrogen) atoms. The predicted molar refractivity (Wildman–Crippen MR) is 101 cm³/mol. The summed E-state index contributed by atoms with van der Waals surface area (Å²) < 4.78 is 19.5. The van der Waals surface area contributed by atoms with Crippen LogP contribution >= 0.6 is 0 Å². The third kappa shape index (κ3) is 3.17. The van der Waals surface area contributed by atoms with Crippen molar-refractivity contribution in [2.24, 2.45) is 5.92 Å². The normalized spacial score (nSPS) is 16.6. The molecule has 2 aromatic carbocycles. The molecule has 0 bridgehead atoms. The van der Waals surface area contributed by atoms with E-state index in [1.54, 1.807) is 19.2 Å². The van der Waals surface area contributed by atoms with Crippen molar-refractivity contribution in [2.75, 3.05) is 18.6 Å². The Labute approximate surface area is 160 Å². The number of nitrogens with zero attached hydrogens (tertiary/aromatic N) is 2. The number of ether oxygens (including phenoxy) is 1. The molecular formula is C20H19FN4O3. The molecule has 2 heterocycles. The predicted octanol–water partition coefficient (Wildman–Crippen LogP) is 2.38. The van der Waals surface area contributed by atoms with Crippen LogP contribution in [0.3, 0.4) is 0 Å². The Bertz CT molecular complexity index is 1050. The standard InChI is InChI=1S/C20H19FN4O3/c1-28-16-8-3-2-5-12(16)10-22-20(27)13-9-17(26)25(11-13)19-18-14(21)6-4-7-15(18)23-24-19/h2-8,13H,9-11H2,1H3,(H,22,27)(H,23,24)/t13-/m0/s1. The molecule has 7 nitrogen and oxygen atoms in total. The minimum atomic E-state index is -0.527. The van der Waals surface area contributed by atoms with Gasteiger partial charge in [0.15, 0.2) is 5.82 Å². The Morgan fingerprint density at radius 3 is 2.96 bits per heavy atom. The molecule has 0 unspecified atom stereocenters. The SMILES string of the molecule is COc1ccccc1CNC(=O)[C@H]1CC(=O)N(c2n[nH]c3cccc(F)c23)C1. The van der Waals surface area contributed by atoms with Crippen LogP contribution in [0.1, 0.15) is 12.0 Å². The highest BCUT2D eigenvalue weighted by atomic mass is 19.1. The van der Waals surface area contributed by atoms with Crippen LogP contribution in [-0.4, -0.2) is 35.7 Å². The monoisotopic (exact) mass is 382 g/mol. The van der Waals surface area contributed by atoms with Gasteiger partial charge < -0.3 is 10.1 Å². The van der Waals surface area contributed by atoms with Crippen LogP contribution in [0.2, 0.25) is 0 Å². The highest BCUT2D eigenvalue weighted by Crippen LogP contribution is 2.31. The maximum atomic E-state index is 14.2. The number of amides is 2. The van der Waals surface area contributed by atoms with E-state index in [9.17, 15) is 14.0 Å². The minimum Gasteiger partial charge on any atom is -0.496 e. The van der Waals surface area contributed by atoms with Crippen LogP contribution in [0.25, 0.3) is 10.9 Å². The number of halogens is 1. The van der Waals surface area contributed by atoms with Gasteiger partial charge in [-0.05, 0) is 18.2 Å². The van der Waals surface area contributed by atoms with Crippen LogP contribution in [0.5, 0.6) is 5.75 Å². The van der Waals surface area contributed by atoms with Gasteiger partial charge in [0, 0.05) is 25.1 Å². The first-order valence-corrected chi connectivity index (χ1v) is 8.91. The van der Waals surface area contributed by atoms with Gasteiger partial charge in [-0.1, -0.05) is 24.3 Å². The maximum Gasteiger partial charge on any atom is 0.229 e. The number of aromatic amines is 1. The third-order valence-corrected chi connectivity index (χ3v) is 4.92. The zero-order valence-corrected chi connectivity index (χ0v) is 15.2. The number of methoxy groups -OCH3 is 1. The number of rotatable bonds is 5. The lowest BCUT2D eigenvalue weighted by Gasteiger charge is -2.15. The molecular weight excluding hydrogens is 363 g/mol. The number of hydrogen-bond donors (Lipinski definition) is 2. The first kappa shape index (κ1) is 18.0. The molecule has 2 N–H and O–H groups in total. The number of H-pyrrole nitrogens is 1. The molecule has 144 valence electrons. The van der Waals surface area contributed by atoms with Crippen molar-refractivity contribution in [2.45, 2.75) is 13.0 Å². The lowest BCUT2D eigenvalue weighted by atomic mass is 10.1. The molecule has 0 spiro atoms. The lowest BCUT2D eigenvalue weighted by molar-refractivity contribution is -0.126. The second-order valence-electron chi connectivity index (χ2n) is 6.64. The second-order valence-corrected chi connectivity index (χ2v) is 6.64. The number of carbonyl (C=O) groups excluding carboxylic acids is 2. The molecule has 4 rings (SSSR count). The van der Waals surface area contributed by atoms with E-state index in [1.165, 1.54) is 11.0 Å². The number of fused-ring (bicyclic) bond motifs is 1. The molecule has 1 atom stereocenters. The van der Waals surface area contributed by atoms with Crippen LogP contribution in [0, 0.1) is 11.7 Å². The average Bonchev–Trinajstić information content (AvgIpc) is 3.30. The molecule has 3 aromatic rings. The number of nitrogens with one attached hydrogen (secondary N) is 2. The second kappa shape index (κ2) is 7.30. The average molecular weight is 382 g/mol. The molecule has 1 aliphatic heterocycles. The van der Waals surface area contributed by atoms with Crippen molar-refractivity contribution in [3.63, 3.8) is 0 Å². The van der Waals surface area contributed by atoms with Gasteiger partial charge in [0.1, 0.15) is 11.6 Å². The van der Waals surface area contributed by atoms with E-state index in [1.807, 2.05) is 24.3 Å². The zero-order valence-electron chi connectivity index (χ0n) is 15.2. The molecule has 0 aliphatic carbocycles. The Hall–Kier alpha value is -3.42. The molecule has 1 saturated heterocycles. The van der Waals surface area contributed by atoms with Crippen LogP contribution in [0.4, 0.5) is 10.2 Å². The smallest absolute Gasteiger partial charge is 0.229 e. The fraction of sp³-hybridized carbons (Fsp3) is 0.250. The molecule has 8 heteroatoms. The number of hydrogen-bond acceptors (Lipinski definition) is 4. The summed E-state index contributed by atoms with van der Waals surface area (Å²) in [6, 6.07) is 12.0. The van der Waals surface area contributed by atoms with E-state index in [4.69, 9.17) is 4.74 Å². The molecule has 0 radical (unpaired) electrons. The van der Waals surface area contributed by atoms with Gasteiger partial charge >= 0.3 is 0 Å². The fourth-order valence-electron chi connectivity index (χ4n) is 3.47. The summed E-state index contributed by atoms with van der Waals surface area (Å²) in [4.78, 5) is 26.4. The number of anilines is 1. The zero-order chi connectivity index (χ0) is 19.7. The Morgan fingerprint density at radius 2 is 2.14 bits per heavy atom. The number of carbonyl (C=O) groups is 2. The highest BCUT2D eigenvalue weighted by Gasteiger charge is 2.37. The van der Waals surface area contributed by atoms with Gasteiger partial charge in [-0.3, -0.25) is 19.6 Å². The first-order valence-electron chi connectivity index (χ1n) is 8.91. The van der Waals surface area contributed by atoms with E-state index >= 15 is 0 Å². The van der Waals surface area contributed by atoms with Crippen molar-refractivity contribution in [1.29, 1.82) is 0 Å². The lowest BCUT2D eigenvalue weighted by Crippen LogP contribution is -2.32. The fourth-order valence-corrected chi connectivity index (χ4v) is 3.47. The summed E-state index contributed by atoms with van der Waals surface area (Å²) in [5, 5.41) is 9.93. The van der Waals surface area contributed by atoms with Crippen molar-refractivity contribution in [1.82, 2.24) is 15.5 Å². The summed E-state index contributed by atoms with van der Waals surface area (Å²) >= 11 is 0. The number of benzene rings is 2. The topological polar surface area (TPSA) is 87.3 Å². The molecule has 2 amide bonds. The van der Waals surface area contributed by atoms with Gasteiger partial charge in [0.05, 0.1) is 23.9 Å². The molecule has 1 aromatic heterocycles. The van der Waals surface area contributed by atoms with E-state index in [2.05, 4.69) is 15.5 Å². The van der Waals surface area contributed by atoms with Crippen molar-refractivity contribution < 1.29 is 18.7 Å². The summed E-state index contributed by atoms with van der Waals surface area (Å²) in [6.45, 7) is 0.457. The summed E-state index contributed by atoms with van der Waals surface area (Å²) in [5.74, 6) is -0.571. The molecule has 1 aliphatic rings. The van der Waals surface area contributed by atoms with Crippen molar-refractivity contribution >= 4 is 28.5 Å². The molecule has 0 saturated carbocycles. The van der Waals surface area contributed by atoms with E-state index in [0.29, 0.717) is 17.8 Å². The summed E-state index contributed by atoms with van der Waals surface area (Å²) in [5.41, 5.74) is 1.35. The third-order valence-electron chi connectivity index (χ3n) is 4.92. The summed E-state index contributed by atoms with van der Waals surface area (Å²) in [6.07, 6.45) is 0.0561. The van der Waals surface area contributed by atoms with Crippen LogP contribution in [0.15, 0.2) is 42.5 Å². The molecule has 1 fully saturated rings. The minimum absolute atomic E-state index is 0.0561. The van der Waals surface area contributed by atoms with Crippen LogP contribution < -0.4 is 15.0 Å². The van der Waals surface area contributed by atoms with E-state index in [-0.39, 0.29) is 36.0 Å². The van der Waals surface area contributed by atoms with E-state index < -0.39 is 11.7 Å². The summed E-state index contributed by atoms with van der Waals surface area (Å²) in [7, 11) is 1.57. The van der Waals surface area contributed by atoms with E-state index in [0.717, 1.165) is 5.56 Å². The first-order chi connectivity index (χ1) is 13.6. The van der Waals surface area contributed by atoms with Gasteiger partial charge in [0.2, 0.25) is 11.8 Å². The Balaban J connectivity index is 1.47. The van der Waals surface area contributed by atoms with Gasteiger partial charge in [-0.2, -0.15) is 5.10 Å². The Morgan fingerprint density at radius 1 is 1.32 bits per heavy atom. The van der Waals surface area contributed by atoms with Gasteiger partial charge in [-0.15, -0.1) is 0 Å². The Kier molecular flexibility index (Phi) is 4.68.